The van der Waals surface area contributed by atoms with Crippen molar-refractivity contribution in [3.05, 3.63) is 23.8 Å². The first-order valence-corrected chi connectivity index (χ1v) is 8.07. The van der Waals surface area contributed by atoms with Crippen LogP contribution in [0.4, 0.5) is 0 Å². The molecule has 0 unspecified atom stereocenters. The number of benzene rings is 1. The van der Waals surface area contributed by atoms with E-state index in [1.165, 1.54) is 37.8 Å². The van der Waals surface area contributed by atoms with E-state index in [1.807, 2.05) is 12.1 Å². The van der Waals surface area contributed by atoms with Crippen molar-refractivity contribution in [1.29, 1.82) is 0 Å². The average molecular weight is 290 g/mol. The van der Waals surface area contributed by atoms with E-state index in [-0.39, 0.29) is 5.75 Å². The van der Waals surface area contributed by atoms with Crippen molar-refractivity contribution < 1.29 is 9.84 Å². The monoisotopic (exact) mass is 290 g/mol. The minimum Gasteiger partial charge on any atom is -0.504 e. The van der Waals surface area contributed by atoms with Crippen LogP contribution >= 0.6 is 0 Å². The molecule has 1 aliphatic heterocycles. The van der Waals surface area contributed by atoms with E-state index in [0.29, 0.717) is 5.75 Å². The van der Waals surface area contributed by atoms with Crippen molar-refractivity contribution in [3.63, 3.8) is 0 Å². The highest BCUT2D eigenvalue weighted by atomic mass is 16.5. The predicted octanol–water partition coefficient (Wildman–Crippen LogP) is 2.36. The minimum atomic E-state index is 0.220. The van der Waals surface area contributed by atoms with Gasteiger partial charge in [0.05, 0.1) is 7.11 Å². The van der Waals surface area contributed by atoms with Crippen molar-refractivity contribution in [2.24, 2.45) is 5.92 Å². The molecule has 0 radical (unpaired) electrons. The van der Waals surface area contributed by atoms with Gasteiger partial charge in [-0.05, 0) is 62.4 Å². The number of phenols is 1. The Morgan fingerprint density at radius 1 is 1.24 bits per heavy atom. The zero-order valence-corrected chi connectivity index (χ0v) is 12.8. The Balaban J connectivity index is 1.64. The fourth-order valence-corrected chi connectivity index (χ4v) is 3.23. The summed E-state index contributed by atoms with van der Waals surface area (Å²) >= 11 is 0. The normalized spacial score (nSPS) is 19.9. The van der Waals surface area contributed by atoms with Crippen molar-refractivity contribution in [2.45, 2.75) is 38.3 Å². The minimum absolute atomic E-state index is 0.220. The van der Waals surface area contributed by atoms with E-state index >= 15 is 0 Å². The Bertz CT molecular complexity index is 468. The van der Waals surface area contributed by atoms with Gasteiger partial charge in [-0.1, -0.05) is 6.07 Å². The van der Waals surface area contributed by atoms with Gasteiger partial charge < -0.3 is 15.2 Å². The fourth-order valence-electron chi connectivity index (χ4n) is 3.23. The summed E-state index contributed by atoms with van der Waals surface area (Å²) in [6.07, 6.45) is 5.25. The molecule has 2 N–H and O–H groups in total. The number of piperidine rings is 1. The van der Waals surface area contributed by atoms with Crippen molar-refractivity contribution in [2.75, 3.05) is 26.7 Å². The first kappa shape index (κ1) is 14.7. The van der Waals surface area contributed by atoms with Gasteiger partial charge in [-0.15, -0.1) is 0 Å². The maximum Gasteiger partial charge on any atom is 0.160 e. The van der Waals surface area contributed by atoms with E-state index in [9.17, 15) is 5.11 Å². The zero-order valence-electron chi connectivity index (χ0n) is 12.8. The lowest BCUT2D eigenvalue weighted by atomic mass is 9.97. The van der Waals surface area contributed by atoms with E-state index in [1.54, 1.807) is 13.2 Å². The van der Waals surface area contributed by atoms with Gasteiger partial charge in [-0.2, -0.15) is 0 Å². The molecule has 0 amide bonds. The first-order valence-electron chi connectivity index (χ1n) is 8.07. The Morgan fingerprint density at radius 3 is 2.67 bits per heavy atom. The largest absolute Gasteiger partial charge is 0.504 e. The SMILES string of the molecule is COc1cc(CN(CC2CCNCC2)C2CC2)ccc1O. The lowest BCUT2D eigenvalue weighted by molar-refractivity contribution is 0.190. The molecule has 3 rings (SSSR count). The number of phenolic OH excluding ortho intramolecular Hbond substituents is 1. The van der Waals surface area contributed by atoms with Crippen molar-refractivity contribution in [3.8, 4) is 11.5 Å². The van der Waals surface area contributed by atoms with Gasteiger partial charge in [0.2, 0.25) is 0 Å². The van der Waals surface area contributed by atoms with Gasteiger partial charge in [-0.3, -0.25) is 4.90 Å². The molecule has 4 nitrogen and oxygen atoms in total. The number of hydrogen-bond donors (Lipinski definition) is 2. The molecule has 1 saturated carbocycles. The molecule has 4 heteroatoms. The van der Waals surface area contributed by atoms with Crippen LogP contribution in [0.15, 0.2) is 18.2 Å². The quantitative estimate of drug-likeness (QED) is 0.844. The van der Waals surface area contributed by atoms with E-state index in [2.05, 4.69) is 10.2 Å². The highest BCUT2D eigenvalue weighted by Crippen LogP contribution is 2.32. The lowest BCUT2D eigenvalue weighted by Gasteiger charge is -2.30. The van der Waals surface area contributed by atoms with Crippen LogP contribution in [0.3, 0.4) is 0 Å². The maximum atomic E-state index is 9.71. The fraction of sp³-hybridized carbons (Fsp3) is 0.647. The number of ether oxygens (including phenoxy) is 1. The molecule has 1 aliphatic carbocycles. The Hall–Kier alpha value is -1.26. The Morgan fingerprint density at radius 2 is 2.00 bits per heavy atom. The van der Waals surface area contributed by atoms with Crippen molar-refractivity contribution in [1.82, 2.24) is 10.2 Å². The molecule has 0 aromatic heterocycles. The molecular formula is C17H26N2O2. The Labute approximate surface area is 127 Å². The third kappa shape index (κ3) is 3.89. The summed E-state index contributed by atoms with van der Waals surface area (Å²) in [4.78, 5) is 2.63. The molecule has 1 aromatic carbocycles. The molecule has 2 fully saturated rings. The van der Waals surface area contributed by atoms with Crippen LogP contribution in [0.25, 0.3) is 0 Å². The molecule has 0 atom stereocenters. The number of rotatable bonds is 6. The summed E-state index contributed by atoms with van der Waals surface area (Å²) in [7, 11) is 1.60. The van der Waals surface area contributed by atoms with Crippen LogP contribution in [-0.2, 0) is 6.54 Å². The van der Waals surface area contributed by atoms with Crippen LogP contribution in [-0.4, -0.2) is 42.8 Å². The van der Waals surface area contributed by atoms with Crippen LogP contribution in [0.2, 0.25) is 0 Å². The second-order valence-electron chi connectivity index (χ2n) is 6.36. The standard InChI is InChI=1S/C17H26N2O2/c1-21-17-10-14(2-5-16(17)20)12-19(15-3-4-15)11-13-6-8-18-9-7-13/h2,5,10,13,15,18,20H,3-4,6-9,11-12H2,1H3. The molecular weight excluding hydrogens is 264 g/mol. The molecule has 1 aromatic rings. The summed E-state index contributed by atoms with van der Waals surface area (Å²) < 4.78 is 5.22. The van der Waals surface area contributed by atoms with Gasteiger partial charge >= 0.3 is 0 Å². The lowest BCUT2D eigenvalue weighted by Crippen LogP contribution is -2.37. The molecule has 116 valence electrons. The third-order valence-corrected chi connectivity index (χ3v) is 4.64. The van der Waals surface area contributed by atoms with Gasteiger partial charge in [0.15, 0.2) is 11.5 Å². The summed E-state index contributed by atoms with van der Waals surface area (Å²) in [6, 6.07) is 6.48. The highest BCUT2D eigenvalue weighted by molar-refractivity contribution is 5.41. The maximum absolute atomic E-state index is 9.71. The predicted molar refractivity (Wildman–Crippen MR) is 83.7 cm³/mol. The highest BCUT2D eigenvalue weighted by Gasteiger charge is 2.31. The number of hydrogen-bond acceptors (Lipinski definition) is 4. The van der Waals surface area contributed by atoms with Gasteiger partial charge in [0, 0.05) is 19.1 Å². The first-order chi connectivity index (χ1) is 10.3. The number of aromatic hydroxyl groups is 1. The van der Waals surface area contributed by atoms with Gasteiger partial charge in [0.1, 0.15) is 0 Å². The van der Waals surface area contributed by atoms with E-state index < -0.39 is 0 Å². The summed E-state index contributed by atoms with van der Waals surface area (Å²) in [5.41, 5.74) is 1.23. The molecule has 0 bridgehead atoms. The number of methoxy groups -OCH3 is 1. The van der Waals surface area contributed by atoms with Crippen LogP contribution in [0.1, 0.15) is 31.2 Å². The second-order valence-corrected chi connectivity index (χ2v) is 6.36. The van der Waals surface area contributed by atoms with Crippen LogP contribution in [0, 0.1) is 5.92 Å². The molecule has 21 heavy (non-hydrogen) atoms. The Kier molecular flexibility index (Phi) is 4.66. The second kappa shape index (κ2) is 6.67. The van der Waals surface area contributed by atoms with Crippen molar-refractivity contribution >= 4 is 0 Å². The van der Waals surface area contributed by atoms with Crippen LogP contribution < -0.4 is 10.1 Å². The molecule has 1 saturated heterocycles. The van der Waals surface area contributed by atoms with Crippen LogP contribution in [0.5, 0.6) is 11.5 Å². The number of nitrogens with one attached hydrogen (secondary N) is 1. The van der Waals surface area contributed by atoms with Gasteiger partial charge in [0.25, 0.3) is 0 Å². The van der Waals surface area contributed by atoms with E-state index in [0.717, 1.165) is 31.6 Å². The third-order valence-electron chi connectivity index (χ3n) is 4.64. The average Bonchev–Trinajstić information content (AvgIpc) is 3.34. The van der Waals surface area contributed by atoms with Gasteiger partial charge in [-0.25, -0.2) is 0 Å². The summed E-state index contributed by atoms with van der Waals surface area (Å²) in [5, 5.41) is 13.1. The molecule has 0 spiro atoms. The topological polar surface area (TPSA) is 44.7 Å². The van der Waals surface area contributed by atoms with E-state index in [4.69, 9.17) is 4.74 Å². The molecule has 1 heterocycles. The zero-order chi connectivity index (χ0) is 14.7. The number of nitrogens with zero attached hydrogens (tertiary/aromatic N) is 1. The molecule has 2 aliphatic rings. The smallest absolute Gasteiger partial charge is 0.160 e. The summed E-state index contributed by atoms with van der Waals surface area (Å²) in [5.74, 6) is 1.62. The summed E-state index contributed by atoms with van der Waals surface area (Å²) in [6.45, 7) is 4.49.